The highest BCUT2D eigenvalue weighted by atomic mass is 16.5. The molecule has 0 aromatic heterocycles. The normalized spacial score (nSPS) is 19.3. The van der Waals surface area contributed by atoms with E-state index in [9.17, 15) is 14.4 Å². The van der Waals surface area contributed by atoms with Crippen LogP contribution in [0.25, 0.3) is 0 Å². The summed E-state index contributed by atoms with van der Waals surface area (Å²) in [6.45, 7) is 4.87. The van der Waals surface area contributed by atoms with E-state index in [1.807, 2.05) is 18.7 Å². The lowest BCUT2D eigenvalue weighted by Gasteiger charge is -2.38. The number of hydrogen-bond donors (Lipinski definition) is 1. The average Bonchev–Trinajstić information content (AvgIpc) is 2.71. The van der Waals surface area contributed by atoms with Crippen molar-refractivity contribution in [3.63, 3.8) is 0 Å². The number of ketones is 1. The third-order valence-electron chi connectivity index (χ3n) is 5.05. The third-order valence-corrected chi connectivity index (χ3v) is 5.05. The minimum absolute atomic E-state index is 0.0618. The smallest absolute Gasteiger partial charge is 0.338 e. The number of rotatable bonds is 7. The number of nitrogens with zero attached hydrogens (tertiary/aromatic N) is 2. The van der Waals surface area contributed by atoms with E-state index < -0.39 is 18.4 Å². The van der Waals surface area contributed by atoms with Crippen molar-refractivity contribution in [3.05, 3.63) is 41.1 Å². The highest BCUT2D eigenvalue weighted by Crippen LogP contribution is 2.23. The van der Waals surface area contributed by atoms with E-state index in [0.29, 0.717) is 5.75 Å². The molecule has 160 valence electrons. The van der Waals surface area contributed by atoms with Crippen LogP contribution in [0.2, 0.25) is 0 Å². The number of likely N-dealkylation sites (tertiary alicyclic amines) is 1. The summed E-state index contributed by atoms with van der Waals surface area (Å²) in [5.41, 5.74) is 5.51. The molecule has 30 heavy (non-hydrogen) atoms. The molecule has 1 saturated heterocycles. The molecule has 0 saturated carbocycles. The quantitative estimate of drug-likeness (QED) is 0.413. The number of carbonyl (C=O) groups excluding carboxylic acids is 3. The van der Waals surface area contributed by atoms with Crippen LogP contribution in [0.1, 0.15) is 50.4 Å². The summed E-state index contributed by atoms with van der Waals surface area (Å²) >= 11 is 0. The number of esters is 1. The Morgan fingerprint density at radius 1 is 1.13 bits per heavy atom. The van der Waals surface area contributed by atoms with Gasteiger partial charge in [-0.15, -0.1) is 0 Å². The van der Waals surface area contributed by atoms with Crippen LogP contribution in [0.15, 0.2) is 35.5 Å². The number of nitriles is 1. The second-order valence-electron chi connectivity index (χ2n) is 7.41. The Morgan fingerprint density at radius 3 is 2.27 bits per heavy atom. The van der Waals surface area contributed by atoms with Gasteiger partial charge in [-0.25, -0.2) is 4.79 Å². The van der Waals surface area contributed by atoms with Crippen LogP contribution >= 0.6 is 0 Å². The summed E-state index contributed by atoms with van der Waals surface area (Å²) in [6, 6.07) is 8.16. The number of nitrogens with two attached hydrogens (primary N) is 1. The van der Waals surface area contributed by atoms with Gasteiger partial charge in [0, 0.05) is 17.8 Å². The zero-order valence-corrected chi connectivity index (χ0v) is 17.5. The fraction of sp³-hybridized carbons (Fsp3) is 0.455. The molecule has 1 aromatic carbocycles. The van der Waals surface area contributed by atoms with Gasteiger partial charge in [0.05, 0.1) is 5.56 Å². The van der Waals surface area contributed by atoms with E-state index in [1.54, 1.807) is 18.2 Å². The Labute approximate surface area is 176 Å². The number of hydrogen-bond acceptors (Lipinski definition) is 7. The van der Waals surface area contributed by atoms with E-state index in [4.69, 9.17) is 20.5 Å². The lowest BCUT2D eigenvalue weighted by atomic mass is 9.97. The van der Waals surface area contributed by atoms with Crippen LogP contribution in [-0.2, 0) is 14.3 Å². The molecular weight excluding hydrogens is 386 g/mol. The first-order chi connectivity index (χ1) is 14.2. The van der Waals surface area contributed by atoms with Gasteiger partial charge < -0.3 is 20.1 Å². The number of Topliss-reactive ketones (excluding diaryl/α,β-unsaturated/α-hetero) is 1. The van der Waals surface area contributed by atoms with Gasteiger partial charge in [-0.1, -0.05) is 0 Å². The first kappa shape index (κ1) is 22.9. The predicted octanol–water partition coefficient (Wildman–Crippen LogP) is 2.34. The SMILES string of the molecule is C/C(N)=C(\C#N)C(=O)COC(=O)c1ccc(OCC(=O)N2[C@H](C)CCC[C@@H]2C)cc1. The van der Waals surface area contributed by atoms with Crippen molar-refractivity contribution in [1.82, 2.24) is 4.90 Å². The standard InChI is InChI=1S/C22H27N3O5/c1-14-5-4-6-15(2)25(14)21(27)13-29-18-9-7-17(8-10-18)22(28)30-12-20(26)19(11-23)16(3)24/h7-10,14-15H,4-6,12-13,24H2,1-3H3/b19-16-/t14-,15+. The lowest BCUT2D eigenvalue weighted by molar-refractivity contribution is -0.139. The van der Waals surface area contributed by atoms with Crippen LogP contribution in [-0.4, -0.2) is 47.9 Å². The van der Waals surface area contributed by atoms with E-state index in [1.165, 1.54) is 19.1 Å². The summed E-state index contributed by atoms with van der Waals surface area (Å²) in [6.07, 6.45) is 3.11. The topological polar surface area (TPSA) is 123 Å². The molecule has 0 aliphatic carbocycles. The molecule has 0 radical (unpaired) electrons. The summed E-state index contributed by atoms with van der Waals surface area (Å²) < 4.78 is 10.5. The van der Waals surface area contributed by atoms with Gasteiger partial charge in [-0.05, 0) is 64.3 Å². The number of benzene rings is 1. The van der Waals surface area contributed by atoms with Crippen molar-refractivity contribution in [2.24, 2.45) is 5.73 Å². The van der Waals surface area contributed by atoms with Crippen molar-refractivity contribution in [2.45, 2.75) is 52.1 Å². The Balaban J connectivity index is 1.88. The maximum atomic E-state index is 12.5. The second kappa shape index (κ2) is 10.4. The van der Waals surface area contributed by atoms with Gasteiger partial charge in [0.2, 0.25) is 5.78 Å². The van der Waals surface area contributed by atoms with E-state index in [-0.39, 0.29) is 41.4 Å². The Morgan fingerprint density at radius 2 is 1.73 bits per heavy atom. The number of allylic oxidation sites excluding steroid dienone is 1. The van der Waals surface area contributed by atoms with Crippen LogP contribution in [0, 0.1) is 11.3 Å². The molecule has 2 rings (SSSR count). The Kier molecular flexibility index (Phi) is 7.98. The van der Waals surface area contributed by atoms with E-state index in [0.717, 1.165) is 19.3 Å². The molecule has 1 aliphatic heterocycles. The lowest BCUT2D eigenvalue weighted by Crippen LogP contribution is -2.49. The average molecular weight is 413 g/mol. The van der Waals surface area contributed by atoms with Gasteiger partial charge in [-0.2, -0.15) is 5.26 Å². The zero-order chi connectivity index (χ0) is 22.3. The van der Waals surface area contributed by atoms with Gasteiger partial charge in [0.15, 0.2) is 13.2 Å². The number of ether oxygens (including phenoxy) is 2. The van der Waals surface area contributed by atoms with Crippen molar-refractivity contribution >= 4 is 17.7 Å². The number of amides is 1. The summed E-state index contributed by atoms with van der Waals surface area (Å²) in [5, 5.41) is 8.89. The van der Waals surface area contributed by atoms with Crippen molar-refractivity contribution < 1.29 is 23.9 Å². The zero-order valence-electron chi connectivity index (χ0n) is 17.5. The molecule has 1 amide bonds. The molecule has 1 aliphatic rings. The minimum atomic E-state index is -0.714. The Hall–Kier alpha value is -3.34. The maximum absolute atomic E-state index is 12.5. The van der Waals surface area contributed by atoms with Crippen LogP contribution in [0.5, 0.6) is 5.75 Å². The first-order valence-corrected chi connectivity index (χ1v) is 9.85. The van der Waals surface area contributed by atoms with Gasteiger partial charge in [0.25, 0.3) is 5.91 Å². The van der Waals surface area contributed by atoms with Crippen LogP contribution in [0.4, 0.5) is 0 Å². The van der Waals surface area contributed by atoms with Crippen molar-refractivity contribution in [1.29, 1.82) is 5.26 Å². The number of carbonyl (C=O) groups is 3. The van der Waals surface area contributed by atoms with Crippen LogP contribution in [0.3, 0.4) is 0 Å². The number of piperidine rings is 1. The second-order valence-corrected chi connectivity index (χ2v) is 7.41. The highest BCUT2D eigenvalue weighted by molar-refractivity contribution is 6.02. The molecule has 2 N–H and O–H groups in total. The van der Waals surface area contributed by atoms with E-state index in [2.05, 4.69) is 0 Å². The van der Waals surface area contributed by atoms with Gasteiger partial charge >= 0.3 is 5.97 Å². The molecule has 0 unspecified atom stereocenters. The molecule has 0 bridgehead atoms. The first-order valence-electron chi connectivity index (χ1n) is 9.85. The molecule has 0 spiro atoms. The van der Waals surface area contributed by atoms with Crippen molar-refractivity contribution in [2.75, 3.05) is 13.2 Å². The van der Waals surface area contributed by atoms with Gasteiger partial charge in [0.1, 0.15) is 17.4 Å². The summed E-state index contributed by atoms with van der Waals surface area (Å²) in [4.78, 5) is 38.3. The highest BCUT2D eigenvalue weighted by Gasteiger charge is 2.29. The van der Waals surface area contributed by atoms with E-state index >= 15 is 0 Å². The maximum Gasteiger partial charge on any atom is 0.338 e. The molecule has 1 fully saturated rings. The predicted molar refractivity (Wildman–Crippen MR) is 109 cm³/mol. The summed E-state index contributed by atoms with van der Waals surface area (Å²) in [5.74, 6) is -0.991. The summed E-state index contributed by atoms with van der Waals surface area (Å²) in [7, 11) is 0. The minimum Gasteiger partial charge on any atom is -0.484 e. The molecule has 8 heteroatoms. The fourth-order valence-corrected chi connectivity index (χ4v) is 3.48. The van der Waals surface area contributed by atoms with Crippen LogP contribution < -0.4 is 10.5 Å². The largest absolute Gasteiger partial charge is 0.484 e. The molecule has 8 nitrogen and oxygen atoms in total. The van der Waals surface area contributed by atoms with Crippen molar-refractivity contribution in [3.8, 4) is 11.8 Å². The Bertz CT molecular complexity index is 856. The van der Waals surface area contributed by atoms with Gasteiger partial charge in [-0.3, -0.25) is 9.59 Å². The monoisotopic (exact) mass is 413 g/mol. The molecule has 2 atom stereocenters. The molecular formula is C22H27N3O5. The third kappa shape index (κ3) is 5.83. The fourth-order valence-electron chi connectivity index (χ4n) is 3.48. The molecule has 1 heterocycles. The molecule has 1 aromatic rings.